The van der Waals surface area contributed by atoms with E-state index in [-0.39, 0.29) is 17.9 Å². The molecule has 140 valence electrons. The number of amides is 2. The maximum Gasteiger partial charge on any atom is 0.259 e. The highest BCUT2D eigenvalue weighted by Crippen LogP contribution is 2.32. The van der Waals surface area contributed by atoms with Crippen LogP contribution < -0.4 is 10.2 Å². The van der Waals surface area contributed by atoms with E-state index in [9.17, 15) is 9.59 Å². The molecule has 2 aliphatic rings. The van der Waals surface area contributed by atoms with Gasteiger partial charge in [-0.25, -0.2) is 0 Å². The lowest BCUT2D eigenvalue weighted by Crippen LogP contribution is -2.29. The molecule has 0 bridgehead atoms. The van der Waals surface area contributed by atoms with Crippen molar-refractivity contribution < 1.29 is 14.3 Å². The van der Waals surface area contributed by atoms with Crippen LogP contribution in [0.3, 0.4) is 0 Å². The van der Waals surface area contributed by atoms with Gasteiger partial charge >= 0.3 is 0 Å². The number of hydrogen-bond donors (Lipinski definition) is 1. The molecule has 2 aliphatic heterocycles. The number of benzene rings is 1. The molecule has 0 radical (unpaired) electrons. The van der Waals surface area contributed by atoms with Crippen molar-refractivity contribution in [3.63, 3.8) is 0 Å². The Hall–Kier alpha value is -2.73. The number of carbonyl (C=O) groups is 2. The Morgan fingerprint density at radius 1 is 1.26 bits per heavy atom. The number of ether oxygens (including phenoxy) is 1. The molecule has 27 heavy (non-hydrogen) atoms. The van der Waals surface area contributed by atoms with E-state index < -0.39 is 0 Å². The molecule has 1 N–H and O–H groups in total. The molecule has 2 aromatic rings. The molecule has 2 amide bonds. The highest BCUT2D eigenvalue weighted by molar-refractivity contribution is 6.07. The number of rotatable bonds is 4. The molecule has 1 saturated heterocycles. The first-order valence-corrected chi connectivity index (χ1v) is 9.47. The number of pyridine rings is 1. The molecule has 1 fully saturated rings. The van der Waals surface area contributed by atoms with Gasteiger partial charge in [-0.1, -0.05) is 6.07 Å². The molecule has 6 heteroatoms. The third-order valence-electron chi connectivity index (χ3n) is 5.11. The molecular weight excluding hydrogens is 342 g/mol. The van der Waals surface area contributed by atoms with Crippen molar-refractivity contribution in [2.24, 2.45) is 0 Å². The molecule has 3 heterocycles. The summed E-state index contributed by atoms with van der Waals surface area (Å²) in [4.78, 5) is 30.9. The number of fused-ring (bicyclic) bond motifs is 1. The van der Waals surface area contributed by atoms with Gasteiger partial charge in [0.25, 0.3) is 5.91 Å². The van der Waals surface area contributed by atoms with E-state index in [0.717, 1.165) is 43.5 Å². The smallest absolute Gasteiger partial charge is 0.259 e. The summed E-state index contributed by atoms with van der Waals surface area (Å²) in [5, 5.41) is 2.95. The minimum atomic E-state index is -0.0686. The van der Waals surface area contributed by atoms with Gasteiger partial charge in [0.2, 0.25) is 5.91 Å². The Morgan fingerprint density at radius 2 is 2.19 bits per heavy atom. The third-order valence-corrected chi connectivity index (χ3v) is 5.11. The molecule has 1 aromatic carbocycles. The van der Waals surface area contributed by atoms with Gasteiger partial charge in [-0.2, -0.15) is 0 Å². The molecule has 0 saturated carbocycles. The third kappa shape index (κ3) is 4.01. The second kappa shape index (κ2) is 7.88. The summed E-state index contributed by atoms with van der Waals surface area (Å²) >= 11 is 0. The van der Waals surface area contributed by atoms with Crippen molar-refractivity contribution in [2.45, 2.75) is 38.2 Å². The topological polar surface area (TPSA) is 71.5 Å². The van der Waals surface area contributed by atoms with E-state index in [1.807, 2.05) is 18.2 Å². The number of carbonyl (C=O) groups excluding carboxylic acids is 2. The van der Waals surface area contributed by atoms with E-state index in [2.05, 4.69) is 10.3 Å². The van der Waals surface area contributed by atoms with Gasteiger partial charge in [-0.05, 0) is 55.5 Å². The Balaban J connectivity index is 1.46. The first-order chi connectivity index (χ1) is 13.2. The van der Waals surface area contributed by atoms with Gasteiger partial charge in [0.05, 0.1) is 18.1 Å². The SMILES string of the molecule is O=C(CC1CCCCO1)Nc1ccc2c(c1)N(C(=O)c1cccnc1)CC2. The lowest BCUT2D eigenvalue weighted by Gasteiger charge is -2.22. The average Bonchev–Trinajstić information content (AvgIpc) is 3.12. The summed E-state index contributed by atoms with van der Waals surface area (Å²) in [5.41, 5.74) is 3.24. The highest BCUT2D eigenvalue weighted by Gasteiger charge is 2.26. The predicted molar refractivity (Wildman–Crippen MR) is 103 cm³/mol. The van der Waals surface area contributed by atoms with Gasteiger partial charge in [-0.3, -0.25) is 14.6 Å². The highest BCUT2D eigenvalue weighted by atomic mass is 16.5. The Labute approximate surface area is 158 Å². The fraction of sp³-hybridized carbons (Fsp3) is 0.381. The van der Waals surface area contributed by atoms with Gasteiger partial charge in [0, 0.05) is 36.9 Å². The lowest BCUT2D eigenvalue weighted by atomic mass is 10.1. The summed E-state index contributed by atoms with van der Waals surface area (Å²) in [7, 11) is 0. The van der Waals surface area contributed by atoms with Crippen LogP contribution in [0.25, 0.3) is 0 Å². The summed E-state index contributed by atoms with van der Waals surface area (Å²) in [6.45, 7) is 1.37. The van der Waals surface area contributed by atoms with Crippen molar-refractivity contribution in [1.29, 1.82) is 0 Å². The van der Waals surface area contributed by atoms with Crippen molar-refractivity contribution in [2.75, 3.05) is 23.4 Å². The Bertz CT molecular complexity index is 832. The van der Waals surface area contributed by atoms with E-state index >= 15 is 0 Å². The number of anilines is 2. The van der Waals surface area contributed by atoms with Gasteiger partial charge in [-0.15, -0.1) is 0 Å². The zero-order chi connectivity index (χ0) is 18.6. The second-order valence-electron chi connectivity index (χ2n) is 7.03. The molecule has 6 nitrogen and oxygen atoms in total. The predicted octanol–water partition coefficient (Wildman–Crippen LogP) is 3.18. The van der Waals surface area contributed by atoms with E-state index in [1.54, 1.807) is 29.4 Å². The molecule has 1 unspecified atom stereocenters. The number of nitrogens with one attached hydrogen (secondary N) is 1. The van der Waals surface area contributed by atoms with Gasteiger partial charge in [0.1, 0.15) is 0 Å². The maximum absolute atomic E-state index is 12.8. The van der Waals surface area contributed by atoms with Crippen LogP contribution in [-0.2, 0) is 16.0 Å². The van der Waals surface area contributed by atoms with Crippen LogP contribution in [0.2, 0.25) is 0 Å². The van der Waals surface area contributed by atoms with Gasteiger partial charge in [0.15, 0.2) is 0 Å². The van der Waals surface area contributed by atoms with Crippen molar-refractivity contribution in [3.8, 4) is 0 Å². The Morgan fingerprint density at radius 3 is 2.96 bits per heavy atom. The number of aromatic nitrogens is 1. The minimum absolute atomic E-state index is 0.0110. The van der Waals surface area contributed by atoms with Crippen LogP contribution in [0, 0.1) is 0 Å². The zero-order valence-electron chi connectivity index (χ0n) is 15.2. The average molecular weight is 365 g/mol. The van der Waals surface area contributed by atoms with Crippen LogP contribution in [-0.4, -0.2) is 36.1 Å². The van der Waals surface area contributed by atoms with Crippen molar-refractivity contribution in [1.82, 2.24) is 4.98 Å². The minimum Gasteiger partial charge on any atom is -0.378 e. The van der Waals surface area contributed by atoms with Gasteiger partial charge < -0.3 is 15.0 Å². The molecule has 0 spiro atoms. The molecule has 1 aromatic heterocycles. The molecule has 4 rings (SSSR count). The zero-order valence-corrected chi connectivity index (χ0v) is 15.2. The second-order valence-corrected chi connectivity index (χ2v) is 7.03. The fourth-order valence-electron chi connectivity index (χ4n) is 3.70. The Kier molecular flexibility index (Phi) is 5.16. The van der Waals surface area contributed by atoms with E-state index in [1.165, 1.54) is 0 Å². The quantitative estimate of drug-likeness (QED) is 0.903. The molecule has 1 atom stereocenters. The van der Waals surface area contributed by atoms with Crippen LogP contribution in [0.4, 0.5) is 11.4 Å². The summed E-state index contributed by atoms with van der Waals surface area (Å²) in [6, 6.07) is 9.29. The van der Waals surface area contributed by atoms with E-state index in [4.69, 9.17) is 4.74 Å². The largest absolute Gasteiger partial charge is 0.378 e. The maximum atomic E-state index is 12.8. The van der Waals surface area contributed by atoms with Crippen LogP contribution in [0.5, 0.6) is 0 Å². The first-order valence-electron chi connectivity index (χ1n) is 9.47. The fourth-order valence-corrected chi connectivity index (χ4v) is 3.70. The van der Waals surface area contributed by atoms with Crippen LogP contribution in [0.1, 0.15) is 41.6 Å². The van der Waals surface area contributed by atoms with Crippen LogP contribution >= 0.6 is 0 Å². The molecular formula is C21H23N3O3. The van der Waals surface area contributed by atoms with E-state index in [0.29, 0.717) is 24.2 Å². The summed E-state index contributed by atoms with van der Waals surface area (Å²) in [5.74, 6) is -0.120. The van der Waals surface area contributed by atoms with Crippen molar-refractivity contribution in [3.05, 3.63) is 53.9 Å². The monoisotopic (exact) mass is 365 g/mol. The normalized spacial score (nSPS) is 18.8. The molecule has 0 aliphatic carbocycles. The first kappa shape index (κ1) is 17.7. The summed E-state index contributed by atoms with van der Waals surface area (Å²) in [6.07, 6.45) is 7.55. The van der Waals surface area contributed by atoms with Crippen molar-refractivity contribution >= 4 is 23.2 Å². The summed E-state index contributed by atoms with van der Waals surface area (Å²) < 4.78 is 5.64. The van der Waals surface area contributed by atoms with Crippen LogP contribution in [0.15, 0.2) is 42.7 Å². The lowest BCUT2D eigenvalue weighted by molar-refractivity contribution is -0.119. The number of hydrogen-bond acceptors (Lipinski definition) is 4. The number of nitrogens with zero attached hydrogens (tertiary/aromatic N) is 2. The standard InChI is InChI=1S/C21H23N3O3/c25-20(13-18-5-1-2-11-27-18)23-17-7-6-15-8-10-24(19(15)12-17)21(26)16-4-3-9-22-14-16/h3-4,6-7,9,12,14,18H,1-2,5,8,10-11,13H2,(H,23,25).